The van der Waals surface area contributed by atoms with E-state index in [4.69, 9.17) is 14.2 Å². The summed E-state index contributed by atoms with van der Waals surface area (Å²) in [6.45, 7) is 7.71. The lowest BCUT2D eigenvalue weighted by atomic mass is 10.2. The second-order valence-corrected chi connectivity index (χ2v) is 3.83. The Labute approximate surface area is 122 Å². The third kappa shape index (κ3) is 4.66. The average molecular weight is 337 g/mol. The van der Waals surface area contributed by atoms with E-state index in [0.717, 1.165) is 23.2 Å². The number of rotatable bonds is 7. The standard InChI is InChI=1S/C13H21O3P.BrH/c1-4-14-11-7-10(9-17)8-12(15-5-2)13(11)16-6-3;/h7-8H,4-6,9,17H2,1-3H3;1H. The Bertz CT molecular complexity index is 331. The van der Waals surface area contributed by atoms with Gasteiger partial charge in [-0.2, -0.15) is 0 Å². The summed E-state index contributed by atoms with van der Waals surface area (Å²) in [6.07, 6.45) is 0.868. The van der Waals surface area contributed by atoms with Crippen molar-refractivity contribution in [2.75, 3.05) is 19.8 Å². The number of benzene rings is 1. The third-order valence-corrected chi connectivity index (χ3v) is 2.68. The first-order chi connectivity index (χ1) is 8.26. The van der Waals surface area contributed by atoms with Crippen LogP contribution in [0.15, 0.2) is 12.1 Å². The van der Waals surface area contributed by atoms with Crippen LogP contribution in [-0.4, -0.2) is 19.8 Å². The first-order valence-electron chi connectivity index (χ1n) is 6.02. The van der Waals surface area contributed by atoms with Gasteiger partial charge in [-0.05, 0) is 44.6 Å². The van der Waals surface area contributed by atoms with Crippen molar-refractivity contribution < 1.29 is 14.2 Å². The zero-order chi connectivity index (χ0) is 12.7. The second-order valence-electron chi connectivity index (χ2n) is 3.42. The maximum atomic E-state index is 5.62. The molecule has 0 aliphatic carbocycles. The van der Waals surface area contributed by atoms with Gasteiger partial charge in [0.1, 0.15) is 0 Å². The summed E-state index contributed by atoms with van der Waals surface area (Å²) in [4.78, 5) is 0. The zero-order valence-corrected chi connectivity index (χ0v) is 14.1. The predicted octanol–water partition coefficient (Wildman–Crippen LogP) is 3.84. The monoisotopic (exact) mass is 336 g/mol. The molecule has 0 radical (unpaired) electrons. The lowest BCUT2D eigenvalue weighted by Crippen LogP contribution is -2.03. The fourth-order valence-electron chi connectivity index (χ4n) is 1.56. The third-order valence-electron chi connectivity index (χ3n) is 2.20. The summed E-state index contributed by atoms with van der Waals surface area (Å²) >= 11 is 0. The van der Waals surface area contributed by atoms with Gasteiger partial charge in [0, 0.05) is 0 Å². The molecule has 0 N–H and O–H groups in total. The second kappa shape index (κ2) is 9.46. The van der Waals surface area contributed by atoms with Crippen LogP contribution < -0.4 is 14.2 Å². The fourth-order valence-corrected chi connectivity index (χ4v) is 1.80. The molecule has 0 aliphatic heterocycles. The number of ether oxygens (including phenoxy) is 3. The van der Waals surface area contributed by atoms with Gasteiger partial charge in [0.25, 0.3) is 0 Å². The van der Waals surface area contributed by atoms with E-state index < -0.39 is 0 Å². The lowest BCUT2D eigenvalue weighted by molar-refractivity contribution is 0.260. The molecule has 1 atom stereocenters. The SMILES string of the molecule is Br.CCOc1cc(CP)cc(OCC)c1OCC. The van der Waals surface area contributed by atoms with Crippen LogP contribution in [0.5, 0.6) is 17.2 Å². The van der Waals surface area contributed by atoms with Gasteiger partial charge in [-0.25, -0.2) is 0 Å². The molecule has 5 heteroatoms. The van der Waals surface area contributed by atoms with Gasteiger partial charge in [0.15, 0.2) is 11.5 Å². The van der Waals surface area contributed by atoms with Crippen molar-refractivity contribution in [3.8, 4) is 17.2 Å². The van der Waals surface area contributed by atoms with Crippen LogP contribution in [0.25, 0.3) is 0 Å². The van der Waals surface area contributed by atoms with Gasteiger partial charge in [-0.3, -0.25) is 0 Å². The highest BCUT2D eigenvalue weighted by Crippen LogP contribution is 2.39. The molecule has 0 heterocycles. The van der Waals surface area contributed by atoms with Crippen LogP contribution >= 0.6 is 26.2 Å². The van der Waals surface area contributed by atoms with E-state index in [-0.39, 0.29) is 17.0 Å². The molecule has 1 aromatic carbocycles. The van der Waals surface area contributed by atoms with Crippen molar-refractivity contribution >= 4 is 26.2 Å². The zero-order valence-electron chi connectivity index (χ0n) is 11.2. The van der Waals surface area contributed by atoms with Gasteiger partial charge in [0.05, 0.1) is 19.8 Å². The largest absolute Gasteiger partial charge is 0.490 e. The minimum Gasteiger partial charge on any atom is -0.490 e. The molecule has 0 aromatic heterocycles. The Hall–Kier alpha value is -0.470. The van der Waals surface area contributed by atoms with Gasteiger partial charge < -0.3 is 14.2 Å². The van der Waals surface area contributed by atoms with E-state index in [9.17, 15) is 0 Å². The van der Waals surface area contributed by atoms with Crippen molar-refractivity contribution in [3.05, 3.63) is 17.7 Å². The molecule has 0 spiro atoms. The molecule has 1 unspecified atom stereocenters. The highest BCUT2D eigenvalue weighted by atomic mass is 79.9. The van der Waals surface area contributed by atoms with E-state index in [1.165, 1.54) is 0 Å². The van der Waals surface area contributed by atoms with E-state index in [1.807, 2.05) is 32.9 Å². The molecule has 0 bridgehead atoms. The Balaban J connectivity index is 0.00000289. The molecular weight excluding hydrogens is 315 g/mol. The van der Waals surface area contributed by atoms with E-state index >= 15 is 0 Å². The van der Waals surface area contributed by atoms with Crippen LogP contribution in [-0.2, 0) is 6.16 Å². The lowest BCUT2D eigenvalue weighted by Gasteiger charge is -2.16. The molecule has 3 nitrogen and oxygen atoms in total. The molecule has 1 rings (SSSR count). The Morgan fingerprint density at radius 2 is 1.33 bits per heavy atom. The maximum absolute atomic E-state index is 5.62. The molecular formula is C13H22BrO3P. The van der Waals surface area contributed by atoms with Crippen molar-refractivity contribution in [3.63, 3.8) is 0 Å². The number of hydrogen-bond donors (Lipinski definition) is 0. The normalized spacial score (nSPS) is 9.56. The quantitative estimate of drug-likeness (QED) is 0.708. The topological polar surface area (TPSA) is 27.7 Å². The molecule has 0 saturated heterocycles. The van der Waals surface area contributed by atoms with Crippen LogP contribution in [0.1, 0.15) is 26.3 Å². The molecule has 0 amide bonds. The molecule has 18 heavy (non-hydrogen) atoms. The smallest absolute Gasteiger partial charge is 0.203 e. The summed E-state index contributed by atoms with van der Waals surface area (Å²) in [5.74, 6) is 2.23. The minimum absolute atomic E-state index is 0. The van der Waals surface area contributed by atoms with E-state index in [2.05, 4.69) is 9.24 Å². The van der Waals surface area contributed by atoms with Crippen LogP contribution in [0, 0.1) is 0 Å². The Kier molecular flexibility index (Phi) is 9.21. The van der Waals surface area contributed by atoms with Crippen molar-refractivity contribution in [1.82, 2.24) is 0 Å². The van der Waals surface area contributed by atoms with Gasteiger partial charge in [-0.15, -0.1) is 26.2 Å². The van der Waals surface area contributed by atoms with Crippen molar-refractivity contribution in [1.29, 1.82) is 0 Å². The minimum atomic E-state index is 0. The van der Waals surface area contributed by atoms with Gasteiger partial charge in [0.2, 0.25) is 5.75 Å². The molecule has 0 saturated carbocycles. The van der Waals surface area contributed by atoms with E-state index in [1.54, 1.807) is 0 Å². The first-order valence-corrected chi connectivity index (χ1v) is 6.83. The molecule has 0 aliphatic rings. The average Bonchev–Trinajstić information content (AvgIpc) is 2.33. The molecule has 0 fully saturated rings. The summed E-state index contributed by atoms with van der Waals surface area (Å²) in [5.41, 5.74) is 1.16. The Morgan fingerprint density at radius 1 is 0.889 bits per heavy atom. The predicted molar refractivity (Wildman–Crippen MR) is 83.7 cm³/mol. The highest BCUT2D eigenvalue weighted by Gasteiger charge is 2.14. The number of halogens is 1. The molecule has 104 valence electrons. The summed E-state index contributed by atoms with van der Waals surface area (Å²) in [7, 11) is 2.70. The van der Waals surface area contributed by atoms with Crippen LogP contribution in [0.3, 0.4) is 0 Å². The summed E-state index contributed by atoms with van der Waals surface area (Å²) in [5, 5.41) is 0. The number of hydrogen-bond acceptors (Lipinski definition) is 3. The maximum Gasteiger partial charge on any atom is 0.203 e. The first kappa shape index (κ1) is 17.5. The van der Waals surface area contributed by atoms with Gasteiger partial charge in [-0.1, -0.05) is 0 Å². The van der Waals surface area contributed by atoms with E-state index in [0.29, 0.717) is 25.6 Å². The highest BCUT2D eigenvalue weighted by molar-refractivity contribution is 8.93. The van der Waals surface area contributed by atoms with Gasteiger partial charge >= 0.3 is 0 Å². The summed E-state index contributed by atoms with van der Waals surface area (Å²) in [6, 6.07) is 4.01. The van der Waals surface area contributed by atoms with Crippen molar-refractivity contribution in [2.45, 2.75) is 26.9 Å². The van der Waals surface area contributed by atoms with Crippen LogP contribution in [0.2, 0.25) is 0 Å². The summed E-state index contributed by atoms with van der Waals surface area (Å²) < 4.78 is 16.8. The Morgan fingerprint density at radius 3 is 1.67 bits per heavy atom. The molecule has 1 aromatic rings. The van der Waals surface area contributed by atoms with Crippen LogP contribution in [0.4, 0.5) is 0 Å². The fraction of sp³-hybridized carbons (Fsp3) is 0.538. The van der Waals surface area contributed by atoms with Crippen molar-refractivity contribution in [2.24, 2.45) is 0 Å².